The van der Waals surface area contributed by atoms with Crippen LogP contribution in [0, 0.1) is 11.6 Å². The van der Waals surface area contributed by atoms with Gasteiger partial charge in [0.1, 0.15) is 11.6 Å². The molecule has 0 unspecified atom stereocenters. The summed E-state index contributed by atoms with van der Waals surface area (Å²) in [6.45, 7) is 1.98. The van der Waals surface area contributed by atoms with E-state index in [0.717, 1.165) is 31.0 Å². The Morgan fingerprint density at radius 2 is 2.18 bits per heavy atom. The maximum atomic E-state index is 13.2. The van der Waals surface area contributed by atoms with Gasteiger partial charge in [0.2, 0.25) is 5.91 Å². The molecule has 0 bridgehead atoms. The minimum Gasteiger partial charge on any atom is -0.322 e. The van der Waals surface area contributed by atoms with Gasteiger partial charge < -0.3 is 11.1 Å². The second-order valence-electron chi connectivity index (χ2n) is 3.86. The van der Waals surface area contributed by atoms with Crippen molar-refractivity contribution in [1.82, 2.24) is 0 Å². The molecule has 3 nitrogen and oxygen atoms in total. The highest BCUT2D eigenvalue weighted by molar-refractivity contribution is 5.94. The molecule has 1 atom stereocenters. The molecule has 0 saturated heterocycles. The minimum atomic E-state index is -0.697. The van der Waals surface area contributed by atoms with Crippen LogP contribution in [0.2, 0.25) is 0 Å². The van der Waals surface area contributed by atoms with Crippen LogP contribution in [0.4, 0.5) is 14.5 Å². The van der Waals surface area contributed by atoms with Gasteiger partial charge in [-0.1, -0.05) is 19.8 Å². The Bertz CT molecular complexity index is 396. The topological polar surface area (TPSA) is 55.1 Å². The molecule has 0 aromatic heterocycles. The number of carbonyl (C=O) groups is 1. The van der Waals surface area contributed by atoms with E-state index < -0.39 is 23.6 Å². The largest absolute Gasteiger partial charge is 0.322 e. The fourth-order valence-electron chi connectivity index (χ4n) is 1.37. The number of halogens is 2. The molecule has 0 heterocycles. The molecule has 1 aromatic carbocycles. The summed E-state index contributed by atoms with van der Waals surface area (Å²) in [6, 6.07) is 2.18. The van der Waals surface area contributed by atoms with Gasteiger partial charge in [0.15, 0.2) is 0 Å². The van der Waals surface area contributed by atoms with Gasteiger partial charge in [-0.3, -0.25) is 4.79 Å². The zero-order valence-electron chi connectivity index (χ0n) is 9.67. The predicted molar refractivity (Wildman–Crippen MR) is 62.5 cm³/mol. The van der Waals surface area contributed by atoms with Gasteiger partial charge in [0.25, 0.3) is 0 Å². The van der Waals surface area contributed by atoms with Crippen molar-refractivity contribution in [2.45, 2.75) is 32.2 Å². The third-order valence-corrected chi connectivity index (χ3v) is 2.39. The lowest BCUT2D eigenvalue weighted by Gasteiger charge is -2.12. The Balaban J connectivity index is 2.64. The van der Waals surface area contributed by atoms with Gasteiger partial charge in [0, 0.05) is 6.07 Å². The summed E-state index contributed by atoms with van der Waals surface area (Å²) in [5.41, 5.74) is 5.43. The van der Waals surface area contributed by atoms with E-state index in [-0.39, 0.29) is 5.69 Å². The van der Waals surface area contributed by atoms with Crippen molar-refractivity contribution in [3.8, 4) is 0 Å². The molecule has 0 aliphatic heterocycles. The maximum Gasteiger partial charge on any atom is 0.241 e. The minimum absolute atomic E-state index is 0.179. The Morgan fingerprint density at radius 1 is 1.47 bits per heavy atom. The lowest BCUT2D eigenvalue weighted by atomic mass is 10.1. The molecule has 5 heteroatoms. The van der Waals surface area contributed by atoms with E-state index in [1.165, 1.54) is 0 Å². The smallest absolute Gasteiger partial charge is 0.241 e. The zero-order chi connectivity index (χ0) is 12.8. The summed E-state index contributed by atoms with van der Waals surface area (Å²) in [6.07, 6.45) is 2.27. The van der Waals surface area contributed by atoms with E-state index in [9.17, 15) is 13.6 Å². The van der Waals surface area contributed by atoms with E-state index in [2.05, 4.69) is 5.32 Å². The number of amides is 1. The number of hydrogen-bond donors (Lipinski definition) is 2. The van der Waals surface area contributed by atoms with Gasteiger partial charge in [-0.05, 0) is 18.6 Å². The summed E-state index contributed by atoms with van der Waals surface area (Å²) in [7, 11) is 0. The van der Waals surface area contributed by atoms with Crippen molar-refractivity contribution in [2.75, 3.05) is 5.32 Å². The number of unbranched alkanes of at least 4 members (excludes halogenated alkanes) is 1. The first kappa shape index (κ1) is 13.6. The highest BCUT2D eigenvalue weighted by Gasteiger charge is 2.14. The van der Waals surface area contributed by atoms with Gasteiger partial charge in [-0.25, -0.2) is 8.78 Å². The fourth-order valence-corrected chi connectivity index (χ4v) is 1.37. The molecule has 1 amide bonds. The average Bonchev–Trinajstić information content (AvgIpc) is 2.30. The summed E-state index contributed by atoms with van der Waals surface area (Å²) in [5.74, 6) is -1.78. The number of anilines is 1. The van der Waals surface area contributed by atoms with E-state index >= 15 is 0 Å². The Kier molecular flexibility index (Phi) is 5.03. The van der Waals surface area contributed by atoms with E-state index in [4.69, 9.17) is 5.73 Å². The number of rotatable bonds is 5. The van der Waals surface area contributed by atoms with E-state index in [1.807, 2.05) is 6.92 Å². The fraction of sp³-hybridized carbons (Fsp3) is 0.417. The summed E-state index contributed by atoms with van der Waals surface area (Å²) in [4.78, 5) is 11.6. The molecule has 0 fully saturated rings. The van der Waals surface area contributed by atoms with Gasteiger partial charge >= 0.3 is 0 Å². The van der Waals surface area contributed by atoms with Gasteiger partial charge in [-0.15, -0.1) is 0 Å². The van der Waals surface area contributed by atoms with Crippen LogP contribution in [0.5, 0.6) is 0 Å². The van der Waals surface area contributed by atoms with Crippen LogP contribution < -0.4 is 11.1 Å². The molecule has 0 aliphatic rings. The Labute approximate surface area is 99.0 Å². The van der Waals surface area contributed by atoms with Crippen LogP contribution >= 0.6 is 0 Å². The van der Waals surface area contributed by atoms with Crippen LogP contribution in [0.3, 0.4) is 0 Å². The first-order chi connectivity index (χ1) is 8.04. The molecule has 1 rings (SSSR count). The lowest BCUT2D eigenvalue weighted by Crippen LogP contribution is -2.35. The SMILES string of the molecule is CCCC[C@H](N)C(=O)Nc1cc(F)ccc1F. The second-order valence-corrected chi connectivity index (χ2v) is 3.86. The summed E-state index contributed by atoms with van der Waals surface area (Å²) in [5, 5.41) is 2.28. The highest BCUT2D eigenvalue weighted by atomic mass is 19.1. The molecule has 0 aliphatic carbocycles. The number of nitrogens with two attached hydrogens (primary N) is 1. The van der Waals surface area contributed by atoms with Crippen molar-refractivity contribution in [1.29, 1.82) is 0 Å². The average molecular weight is 242 g/mol. The lowest BCUT2D eigenvalue weighted by molar-refractivity contribution is -0.117. The van der Waals surface area contributed by atoms with E-state index in [1.54, 1.807) is 0 Å². The van der Waals surface area contributed by atoms with Gasteiger partial charge in [0.05, 0.1) is 11.7 Å². The highest BCUT2D eigenvalue weighted by Crippen LogP contribution is 2.15. The molecule has 0 radical (unpaired) electrons. The van der Waals surface area contributed by atoms with E-state index in [0.29, 0.717) is 6.42 Å². The monoisotopic (exact) mass is 242 g/mol. The quantitative estimate of drug-likeness (QED) is 0.833. The standard InChI is InChI=1S/C12H16F2N2O/c1-2-3-4-10(15)12(17)16-11-7-8(13)5-6-9(11)14/h5-7,10H,2-4,15H2,1H3,(H,16,17)/t10-/m0/s1. The third-order valence-electron chi connectivity index (χ3n) is 2.39. The van der Waals surface area contributed by atoms with Crippen LogP contribution in [0.15, 0.2) is 18.2 Å². The molecule has 94 valence electrons. The summed E-state index contributed by atoms with van der Waals surface area (Å²) < 4.78 is 26.1. The Hall–Kier alpha value is -1.49. The molecule has 17 heavy (non-hydrogen) atoms. The number of carbonyl (C=O) groups excluding carboxylic acids is 1. The third kappa shape index (κ3) is 4.11. The molecule has 0 spiro atoms. The maximum absolute atomic E-state index is 13.2. The van der Waals surface area contributed by atoms with Crippen LogP contribution in [-0.2, 0) is 4.79 Å². The second kappa shape index (κ2) is 6.30. The van der Waals surface area contributed by atoms with Crippen LogP contribution in [-0.4, -0.2) is 11.9 Å². The van der Waals surface area contributed by atoms with Crippen molar-refractivity contribution in [2.24, 2.45) is 5.73 Å². The van der Waals surface area contributed by atoms with Crippen molar-refractivity contribution < 1.29 is 13.6 Å². The van der Waals surface area contributed by atoms with Gasteiger partial charge in [-0.2, -0.15) is 0 Å². The van der Waals surface area contributed by atoms with Crippen molar-refractivity contribution in [3.63, 3.8) is 0 Å². The Morgan fingerprint density at radius 3 is 2.82 bits per heavy atom. The molecule has 1 aromatic rings. The summed E-state index contributed by atoms with van der Waals surface area (Å²) >= 11 is 0. The number of benzene rings is 1. The molecule has 3 N–H and O–H groups in total. The number of hydrogen-bond acceptors (Lipinski definition) is 2. The van der Waals surface area contributed by atoms with Crippen molar-refractivity contribution >= 4 is 11.6 Å². The predicted octanol–water partition coefficient (Wildman–Crippen LogP) is 2.42. The molecule has 0 saturated carbocycles. The van der Waals surface area contributed by atoms with Crippen molar-refractivity contribution in [3.05, 3.63) is 29.8 Å². The zero-order valence-corrected chi connectivity index (χ0v) is 9.67. The normalized spacial score (nSPS) is 12.2. The number of nitrogens with one attached hydrogen (secondary N) is 1. The first-order valence-electron chi connectivity index (χ1n) is 5.56. The van der Waals surface area contributed by atoms with Crippen LogP contribution in [0.1, 0.15) is 26.2 Å². The van der Waals surface area contributed by atoms with Crippen LogP contribution in [0.25, 0.3) is 0 Å². The molecular formula is C12H16F2N2O. The molecular weight excluding hydrogens is 226 g/mol. The first-order valence-corrected chi connectivity index (χ1v) is 5.56.